The van der Waals surface area contributed by atoms with Crippen LogP contribution in [0.15, 0.2) is 53.1 Å². The molecule has 0 saturated carbocycles. The van der Waals surface area contributed by atoms with Gasteiger partial charge in [0.05, 0.1) is 12.9 Å². The van der Waals surface area contributed by atoms with Gasteiger partial charge < -0.3 is 14.1 Å². The average molecular weight is 259 g/mol. The smallest absolute Gasteiger partial charge is 0.289 e. The fraction of sp³-hybridized carbons (Fsp3) is 0.267. The molecule has 19 heavy (non-hydrogen) atoms. The maximum Gasteiger partial charge on any atom is 0.289 e. The zero-order chi connectivity index (χ0) is 13.5. The largest absolute Gasteiger partial charge is 0.459 e. The summed E-state index contributed by atoms with van der Waals surface area (Å²) in [5.41, 5.74) is 1.08. The zero-order valence-electron chi connectivity index (χ0n) is 10.9. The number of hydrogen-bond donors (Lipinski definition) is 0. The van der Waals surface area contributed by atoms with Crippen LogP contribution < -0.4 is 0 Å². The number of carbonyl (C=O) groups excluding carboxylic acids is 1. The number of benzene rings is 1. The molecule has 0 aliphatic carbocycles. The fourth-order valence-electron chi connectivity index (χ4n) is 1.81. The maximum atomic E-state index is 12.3. The van der Waals surface area contributed by atoms with E-state index in [0.717, 1.165) is 5.56 Å². The van der Waals surface area contributed by atoms with Gasteiger partial charge >= 0.3 is 0 Å². The van der Waals surface area contributed by atoms with Crippen LogP contribution in [0.2, 0.25) is 0 Å². The van der Waals surface area contributed by atoms with Crippen LogP contribution in [0.5, 0.6) is 0 Å². The van der Waals surface area contributed by atoms with Crippen LogP contribution in [0.1, 0.15) is 16.1 Å². The molecule has 0 saturated heterocycles. The number of methoxy groups -OCH3 is 1. The van der Waals surface area contributed by atoms with E-state index < -0.39 is 0 Å². The molecule has 0 bridgehead atoms. The van der Waals surface area contributed by atoms with E-state index in [1.54, 1.807) is 24.1 Å². The van der Waals surface area contributed by atoms with Crippen molar-refractivity contribution in [2.24, 2.45) is 0 Å². The SMILES string of the molecule is COCCN(Cc1ccccc1)C(=O)c1ccco1. The average Bonchev–Trinajstić information content (AvgIpc) is 2.98. The Bertz CT molecular complexity index is 493. The zero-order valence-corrected chi connectivity index (χ0v) is 10.9. The van der Waals surface area contributed by atoms with Gasteiger partial charge in [-0.2, -0.15) is 0 Å². The Kier molecular flexibility index (Phi) is 4.75. The van der Waals surface area contributed by atoms with Crippen LogP contribution in [0.3, 0.4) is 0 Å². The van der Waals surface area contributed by atoms with E-state index in [9.17, 15) is 4.79 Å². The summed E-state index contributed by atoms with van der Waals surface area (Å²) in [6.07, 6.45) is 1.50. The summed E-state index contributed by atoms with van der Waals surface area (Å²) in [6, 6.07) is 13.3. The van der Waals surface area contributed by atoms with Crippen molar-refractivity contribution in [3.8, 4) is 0 Å². The number of hydrogen-bond acceptors (Lipinski definition) is 3. The number of carbonyl (C=O) groups is 1. The first-order valence-electron chi connectivity index (χ1n) is 6.17. The van der Waals surface area contributed by atoms with Crippen LogP contribution in [0, 0.1) is 0 Å². The van der Waals surface area contributed by atoms with E-state index in [0.29, 0.717) is 25.5 Å². The first-order chi connectivity index (χ1) is 9.31. The third-order valence-corrected chi connectivity index (χ3v) is 2.80. The van der Waals surface area contributed by atoms with Crippen molar-refractivity contribution < 1.29 is 13.9 Å². The molecule has 2 rings (SSSR count). The lowest BCUT2D eigenvalue weighted by Crippen LogP contribution is -2.33. The summed E-state index contributed by atoms with van der Waals surface area (Å²) in [7, 11) is 1.62. The normalized spacial score (nSPS) is 10.4. The third kappa shape index (κ3) is 3.69. The van der Waals surface area contributed by atoms with Gasteiger partial charge in [0.25, 0.3) is 5.91 Å². The molecular weight excluding hydrogens is 242 g/mol. The van der Waals surface area contributed by atoms with Gasteiger partial charge in [-0.05, 0) is 17.7 Å². The van der Waals surface area contributed by atoms with Gasteiger partial charge in [0.2, 0.25) is 0 Å². The highest BCUT2D eigenvalue weighted by Gasteiger charge is 2.18. The van der Waals surface area contributed by atoms with E-state index >= 15 is 0 Å². The fourth-order valence-corrected chi connectivity index (χ4v) is 1.81. The minimum absolute atomic E-state index is 0.120. The highest BCUT2D eigenvalue weighted by Crippen LogP contribution is 2.10. The second-order valence-electron chi connectivity index (χ2n) is 4.18. The second kappa shape index (κ2) is 6.75. The topological polar surface area (TPSA) is 42.7 Å². The molecule has 0 aliphatic rings. The standard InChI is InChI=1S/C15H17NO3/c1-18-11-9-16(12-13-6-3-2-4-7-13)15(17)14-8-5-10-19-14/h2-8,10H,9,11-12H2,1H3. The quantitative estimate of drug-likeness (QED) is 0.800. The number of nitrogens with zero attached hydrogens (tertiary/aromatic N) is 1. The molecule has 1 amide bonds. The molecule has 0 unspecified atom stereocenters. The van der Waals surface area contributed by atoms with Gasteiger partial charge in [-0.3, -0.25) is 4.79 Å². The molecule has 100 valence electrons. The summed E-state index contributed by atoms with van der Waals surface area (Å²) in [6.45, 7) is 1.58. The lowest BCUT2D eigenvalue weighted by molar-refractivity contribution is 0.0649. The highest BCUT2D eigenvalue weighted by molar-refractivity contribution is 5.91. The predicted octanol–water partition coefficient (Wildman–Crippen LogP) is 2.57. The van der Waals surface area contributed by atoms with Gasteiger partial charge in [-0.1, -0.05) is 30.3 Å². The maximum absolute atomic E-state index is 12.3. The Morgan fingerprint density at radius 2 is 2.00 bits per heavy atom. The Morgan fingerprint density at radius 1 is 1.21 bits per heavy atom. The summed E-state index contributed by atoms with van der Waals surface area (Å²) >= 11 is 0. The van der Waals surface area contributed by atoms with Crippen molar-refractivity contribution in [1.82, 2.24) is 4.90 Å². The lowest BCUT2D eigenvalue weighted by atomic mass is 10.2. The van der Waals surface area contributed by atoms with E-state index in [1.807, 2.05) is 30.3 Å². The van der Waals surface area contributed by atoms with E-state index in [2.05, 4.69) is 0 Å². The first-order valence-corrected chi connectivity index (χ1v) is 6.17. The number of rotatable bonds is 6. The Morgan fingerprint density at radius 3 is 2.63 bits per heavy atom. The molecule has 4 heteroatoms. The molecular formula is C15H17NO3. The molecule has 2 aromatic rings. The lowest BCUT2D eigenvalue weighted by Gasteiger charge is -2.21. The molecule has 0 fully saturated rings. The molecule has 1 aromatic heterocycles. The van der Waals surface area contributed by atoms with Crippen molar-refractivity contribution in [2.75, 3.05) is 20.3 Å². The summed E-state index contributed by atoms with van der Waals surface area (Å²) in [5, 5.41) is 0. The van der Waals surface area contributed by atoms with Crippen LogP contribution in [0.4, 0.5) is 0 Å². The second-order valence-corrected chi connectivity index (χ2v) is 4.18. The Hall–Kier alpha value is -2.07. The third-order valence-electron chi connectivity index (χ3n) is 2.80. The summed E-state index contributed by atoms with van der Waals surface area (Å²) < 4.78 is 10.2. The molecule has 4 nitrogen and oxygen atoms in total. The molecule has 0 atom stereocenters. The van der Waals surface area contributed by atoms with Crippen LogP contribution in [0.25, 0.3) is 0 Å². The molecule has 0 radical (unpaired) electrons. The van der Waals surface area contributed by atoms with Crippen molar-refractivity contribution in [2.45, 2.75) is 6.54 Å². The monoisotopic (exact) mass is 259 g/mol. The first kappa shape index (κ1) is 13.4. The number of furan rings is 1. The van der Waals surface area contributed by atoms with Crippen molar-refractivity contribution in [1.29, 1.82) is 0 Å². The van der Waals surface area contributed by atoms with Crippen LogP contribution in [-0.4, -0.2) is 31.1 Å². The van der Waals surface area contributed by atoms with E-state index in [4.69, 9.17) is 9.15 Å². The van der Waals surface area contributed by atoms with Crippen molar-refractivity contribution in [3.05, 3.63) is 60.1 Å². The Labute approximate surface area is 112 Å². The van der Waals surface area contributed by atoms with Gasteiger partial charge in [0.15, 0.2) is 5.76 Å². The van der Waals surface area contributed by atoms with E-state index in [-0.39, 0.29) is 5.91 Å². The van der Waals surface area contributed by atoms with Gasteiger partial charge in [0.1, 0.15) is 0 Å². The predicted molar refractivity (Wildman–Crippen MR) is 71.8 cm³/mol. The van der Waals surface area contributed by atoms with Gasteiger partial charge in [-0.15, -0.1) is 0 Å². The molecule has 0 spiro atoms. The summed E-state index contributed by atoms with van der Waals surface area (Å²) in [4.78, 5) is 14.0. The molecule has 0 N–H and O–H groups in total. The number of amides is 1. The van der Waals surface area contributed by atoms with Crippen LogP contribution >= 0.6 is 0 Å². The minimum Gasteiger partial charge on any atom is -0.459 e. The van der Waals surface area contributed by atoms with Gasteiger partial charge in [-0.25, -0.2) is 0 Å². The molecule has 0 aliphatic heterocycles. The molecule has 1 heterocycles. The minimum atomic E-state index is -0.120. The van der Waals surface area contributed by atoms with Gasteiger partial charge in [0, 0.05) is 20.2 Å². The number of ether oxygens (including phenoxy) is 1. The highest BCUT2D eigenvalue weighted by atomic mass is 16.5. The van der Waals surface area contributed by atoms with E-state index in [1.165, 1.54) is 6.26 Å². The van der Waals surface area contributed by atoms with Crippen LogP contribution in [-0.2, 0) is 11.3 Å². The van der Waals surface area contributed by atoms with Crippen molar-refractivity contribution in [3.63, 3.8) is 0 Å². The molecule has 1 aromatic carbocycles. The van der Waals surface area contributed by atoms with Crippen molar-refractivity contribution >= 4 is 5.91 Å². The Balaban J connectivity index is 2.09. The summed E-state index contributed by atoms with van der Waals surface area (Å²) in [5.74, 6) is 0.234.